The summed E-state index contributed by atoms with van der Waals surface area (Å²) in [5, 5.41) is 0. The zero-order chi connectivity index (χ0) is 8.97. The molecular formula is C11H17N. The normalized spacial score (nSPS) is 10.2. The topological polar surface area (TPSA) is 4.93 Å². The maximum atomic E-state index is 3.78. The van der Waals surface area contributed by atoms with E-state index in [4.69, 9.17) is 0 Å². The van der Waals surface area contributed by atoms with E-state index in [-0.39, 0.29) is 0 Å². The minimum absolute atomic E-state index is 1.12. The molecule has 0 bridgehead atoms. The molecule has 0 aliphatic carbocycles. The monoisotopic (exact) mass is 163 g/mol. The molecule has 1 heterocycles. The van der Waals surface area contributed by atoms with E-state index in [2.05, 4.69) is 37.3 Å². The number of hydrogen-bond acceptors (Lipinski definition) is 0. The second kappa shape index (κ2) is 4.15. The van der Waals surface area contributed by atoms with Gasteiger partial charge in [0.15, 0.2) is 0 Å². The van der Waals surface area contributed by atoms with Gasteiger partial charge in [0, 0.05) is 18.1 Å². The summed E-state index contributed by atoms with van der Waals surface area (Å²) in [4.78, 5) is 0. The Morgan fingerprint density at radius 2 is 2.25 bits per heavy atom. The van der Waals surface area contributed by atoms with Crippen LogP contribution in [-0.4, -0.2) is 4.57 Å². The Hall–Kier alpha value is -0.980. The van der Waals surface area contributed by atoms with Crippen LogP contribution in [0, 0.1) is 0 Å². The van der Waals surface area contributed by atoms with Gasteiger partial charge < -0.3 is 4.57 Å². The number of aryl methyl sites for hydroxylation is 1. The summed E-state index contributed by atoms with van der Waals surface area (Å²) in [5.74, 6) is 0. The molecule has 0 radical (unpaired) electrons. The molecule has 0 amide bonds. The largest absolute Gasteiger partial charge is 0.328 e. The van der Waals surface area contributed by atoms with Gasteiger partial charge in [0.05, 0.1) is 0 Å². The molecule has 12 heavy (non-hydrogen) atoms. The minimum Gasteiger partial charge on any atom is -0.328 e. The van der Waals surface area contributed by atoms with E-state index in [1.165, 1.54) is 17.7 Å². The van der Waals surface area contributed by atoms with Crippen molar-refractivity contribution in [2.45, 2.75) is 33.1 Å². The lowest BCUT2D eigenvalue weighted by molar-refractivity contribution is 0.843. The summed E-state index contributed by atoms with van der Waals surface area (Å²) in [6.45, 7) is 8.19. The molecule has 66 valence electrons. The summed E-state index contributed by atoms with van der Waals surface area (Å²) in [6, 6.07) is 2.19. The third-order valence-electron chi connectivity index (χ3n) is 2.18. The van der Waals surface area contributed by atoms with Crippen molar-refractivity contribution in [3.63, 3.8) is 0 Å². The van der Waals surface area contributed by atoms with Crippen molar-refractivity contribution in [2.24, 2.45) is 0 Å². The van der Waals surface area contributed by atoms with Gasteiger partial charge in [-0.05, 0) is 24.5 Å². The van der Waals surface area contributed by atoms with Gasteiger partial charge in [-0.3, -0.25) is 0 Å². The summed E-state index contributed by atoms with van der Waals surface area (Å²) < 4.78 is 2.13. The lowest BCUT2D eigenvalue weighted by Crippen LogP contribution is -1.96. The Morgan fingerprint density at radius 3 is 2.75 bits per heavy atom. The van der Waals surface area contributed by atoms with Crippen LogP contribution in [0.25, 0.3) is 6.20 Å². The Morgan fingerprint density at radius 1 is 1.50 bits per heavy atom. The molecule has 0 atom stereocenters. The zero-order valence-corrected chi connectivity index (χ0v) is 8.01. The van der Waals surface area contributed by atoms with Gasteiger partial charge in [-0.25, -0.2) is 0 Å². The highest BCUT2D eigenvalue weighted by atomic mass is 14.9. The highest BCUT2D eigenvalue weighted by Crippen LogP contribution is 2.14. The molecule has 0 saturated heterocycles. The van der Waals surface area contributed by atoms with Crippen LogP contribution in [0.15, 0.2) is 18.8 Å². The van der Waals surface area contributed by atoms with Crippen LogP contribution in [0.4, 0.5) is 0 Å². The van der Waals surface area contributed by atoms with Crippen molar-refractivity contribution in [1.29, 1.82) is 0 Å². The van der Waals surface area contributed by atoms with Crippen molar-refractivity contribution < 1.29 is 0 Å². The smallest absolute Gasteiger partial charge is 0.0252 e. The van der Waals surface area contributed by atoms with Crippen molar-refractivity contribution in [2.75, 3.05) is 0 Å². The molecule has 0 saturated carbocycles. The van der Waals surface area contributed by atoms with Crippen molar-refractivity contribution >= 4 is 6.20 Å². The molecular weight excluding hydrogens is 146 g/mol. The number of aromatic nitrogens is 1. The lowest BCUT2D eigenvalue weighted by atomic mass is 10.1. The first-order chi connectivity index (χ1) is 5.83. The predicted octanol–water partition coefficient (Wildman–Crippen LogP) is 3.10. The fourth-order valence-corrected chi connectivity index (χ4v) is 1.54. The van der Waals surface area contributed by atoms with Crippen LogP contribution in [0.1, 0.15) is 31.5 Å². The molecule has 1 rings (SSSR count). The van der Waals surface area contributed by atoms with E-state index >= 15 is 0 Å². The van der Waals surface area contributed by atoms with Gasteiger partial charge >= 0.3 is 0 Å². The summed E-state index contributed by atoms with van der Waals surface area (Å²) >= 11 is 0. The Balaban J connectivity index is 2.98. The average Bonchev–Trinajstić information content (AvgIpc) is 2.48. The Kier molecular flexibility index (Phi) is 3.15. The Labute approximate surface area is 74.7 Å². The molecule has 0 fully saturated rings. The second-order valence-corrected chi connectivity index (χ2v) is 2.98. The molecule has 1 aromatic heterocycles. The molecule has 0 unspecified atom stereocenters. The van der Waals surface area contributed by atoms with E-state index in [1.807, 2.05) is 6.20 Å². The SMILES string of the molecule is C=Cn1ccc(CC)c1CCC. The van der Waals surface area contributed by atoms with Gasteiger partial charge in [-0.1, -0.05) is 26.8 Å². The van der Waals surface area contributed by atoms with Gasteiger partial charge in [-0.2, -0.15) is 0 Å². The van der Waals surface area contributed by atoms with Gasteiger partial charge in [0.2, 0.25) is 0 Å². The first-order valence-corrected chi connectivity index (χ1v) is 4.64. The fourth-order valence-electron chi connectivity index (χ4n) is 1.54. The predicted molar refractivity (Wildman–Crippen MR) is 54.2 cm³/mol. The highest BCUT2D eigenvalue weighted by Gasteiger charge is 2.03. The minimum atomic E-state index is 1.12. The molecule has 1 aromatic rings. The van der Waals surface area contributed by atoms with Crippen LogP contribution in [0.2, 0.25) is 0 Å². The standard InChI is InChI=1S/C11H17N/c1-4-7-11-10(5-2)8-9-12(11)6-3/h6,8-9H,3-5,7H2,1-2H3. The highest BCUT2D eigenvalue weighted by molar-refractivity contribution is 5.32. The molecule has 1 heteroatoms. The summed E-state index contributed by atoms with van der Waals surface area (Å²) in [5.41, 5.74) is 2.88. The van der Waals surface area contributed by atoms with E-state index in [0.717, 1.165) is 12.8 Å². The van der Waals surface area contributed by atoms with Gasteiger partial charge in [-0.15, -0.1) is 0 Å². The van der Waals surface area contributed by atoms with Gasteiger partial charge in [0.1, 0.15) is 0 Å². The lowest BCUT2D eigenvalue weighted by Gasteiger charge is -2.04. The maximum absolute atomic E-state index is 3.78. The van der Waals surface area contributed by atoms with Crippen molar-refractivity contribution in [1.82, 2.24) is 4.57 Å². The number of hydrogen-bond donors (Lipinski definition) is 0. The van der Waals surface area contributed by atoms with Crippen LogP contribution >= 0.6 is 0 Å². The van der Waals surface area contributed by atoms with E-state index in [0.29, 0.717) is 0 Å². The third kappa shape index (κ3) is 1.60. The zero-order valence-electron chi connectivity index (χ0n) is 8.01. The van der Waals surface area contributed by atoms with E-state index in [1.54, 1.807) is 0 Å². The fraction of sp³-hybridized carbons (Fsp3) is 0.455. The van der Waals surface area contributed by atoms with Crippen LogP contribution < -0.4 is 0 Å². The molecule has 1 nitrogen and oxygen atoms in total. The van der Waals surface area contributed by atoms with Gasteiger partial charge in [0.25, 0.3) is 0 Å². The van der Waals surface area contributed by atoms with Crippen LogP contribution in [-0.2, 0) is 12.8 Å². The van der Waals surface area contributed by atoms with Crippen LogP contribution in [0.5, 0.6) is 0 Å². The van der Waals surface area contributed by atoms with E-state index in [9.17, 15) is 0 Å². The summed E-state index contributed by atoms with van der Waals surface area (Å²) in [7, 11) is 0. The molecule has 0 aliphatic rings. The first kappa shape index (κ1) is 9.11. The Bertz CT molecular complexity index is 258. The molecule has 0 spiro atoms. The van der Waals surface area contributed by atoms with E-state index < -0.39 is 0 Å². The number of rotatable bonds is 4. The molecule has 0 aromatic carbocycles. The molecule has 0 aliphatic heterocycles. The first-order valence-electron chi connectivity index (χ1n) is 4.64. The molecule has 0 N–H and O–H groups in total. The van der Waals surface area contributed by atoms with Crippen molar-refractivity contribution in [3.05, 3.63) is 30.1 Å². The van der Waals surface area contributed by atoms with Crippen molar-refractivity contribution in [3.8, 4) is 0 Å². The third-order valence-corrected chi connectivity index (χ3v) is 2.18. The average molecular weight is 163 g/mol. The maximum Gasteiger partial charge on any atom is 0.0252 e. The quantitative estimate of drug-likeness (QED) is 0.642. The second-order valence-electron chi connectivity index (χ2n) is 2.98. The van der Waals surface area contributed by atoms with Crippen LogP contribution in [0.3, 0.4) is 0 Å². The summed E-state index contributed by atoms with van der Waals surface area (Å²) in [6.07, 6.45) is 7.45. The number of nitrogens with zero attached hydrogens (tertiary/aromatic N) is 1.